The largest absolute Gasteiger partial charge is 0.383 e. The average molecular weight is 399 g/mol. The Bertz CT molecular complexity index is 839. The maximum Gasteiger partial charge on any atom is 0.317 e. The van der Waals surface area contributed by atoms with Crippen molar-refractivity contribution in [3.8, 4) is 0 Å². The summed E-state index contributed by atoms with van der Waals surface area (Å²) in [5, 5.41) is 3.05. The van der Waals surface area contributed by atoms with Crippen molar-refractivity contribution in [1.82, 2.24) is 15.1 Å². The van der Waals surface area contributed by atoms with Crippen molar-refractivity contribution >= 4 is 17.8 Å². The fourth-order valence-electron chi connectivity index (χ4n) is 5.18. The van der Waals surface area contributed by atoms with E-state index in [1.54, 1.807) is 12.0 Å². The first-order valence-electron chi connectivity index (χ1n) is 10.4. The number of aliphatic imine (C=N–C) groups is 1. The zero-order valence-corrected chi connectivity index (χ0v) is 17.5. The Morgan fingerprint density at radius 3 is 2.86 bits per heavy atom. The molecule has 1 aromatic carbocycles. The second-order valence-electron chi connectivity index (χ2n) is 8.43. The number of amides is 3. The molecule has 4 rings (SSSR count). The van der Waals surface area contributed by atoms with Crippen molar-refractivity contribution in [2.24, 2.45) is 16.8 Å². The van der Waals surface area contributed by atoms with Crippen LogP contribution in [0.25, 0.3) is 0 Å². The van der Waals surface area contributed by atoms with Gasteiger partial charge in [0.2, 0.25) is 0 Å². The fraction of sp³-hybridized carbons (Fsp3) is 0.591. The van der Waals surface area contributed by atoms with Gasteiger partial charge in [0.25, 0.3) is 5.91 Å². The molecule has 1 aromatic rings. The zero-order chi connectivity index (χ0) is 20.6. The van der Waals surface area contributed by atoms with E-state index >= 15 is 0 Å². The summed E-state index contributed by atoms with van der Waals surface area (Å²) in [6.07, 6.45) is 1.72. The van der Waals surface area contributed by atoms with Crippen molar-refractivity contribution in [1.29, 1.82) is 0 Å². The highest BCUT2D eigenvalue weighted by atomic mass is 16.5. The molecule has 156 valence electrons. The lowest BCUT2D eigenvalue weighted by molar-refractivity contribution is -0.132. The maximum absolute atomic E-state index is 13.2. The van der Waals surface area contributed by atoms with Crippen molar-refractivity contribution in [3.05, 3.63) is 35.4 Å². The number of ether oxygens (including phenoxy) is 1. The predicted molar refractivity (Wildman–Crippen MR) is 111 cm³/mol. The van der Waals surface area contributed by atoms with Gasteiger partial charge in [0.15, 0.2) is 0 Å². The third kappa shape index (κ3) is 3.41. The van der Waals surface area contributed by atoms with Crippen LogP contribution in [-0.4, -0.2) is 66.5 Å². The number of hydrogen-bond donors (Lipinski definition) is 1. The minimum Gasteiger partial charge on any atom is -0.383 e. The minimum absolute atomic E-state index is 0.0554. The number of carbonyl (C=O) groups is 2. The summed E-state index contributed by atoms with van der Waals surface area (Å²) in [4.78, 5) is 34.5. The molecule has 1 aliphatic carbocycles. The second kappa shape index (κ2) is 7.78. The molecule has 0 aromatic heterocycles. The molecular weight excluding hydrogens is 368 g/mol. The van der Waals surface area contributed by atoms with E-state index in [1.807, 2.05) is 43.0 Å². The van der Waals surface area contributed by atoms with Crippen LogP contribution in [0, 0.1) is 18.8 Å². The van der Waals surface area contributed by atoms with Crippen LogP contribution in [-0.2, 0) is 16.1 Å². The van der Waals surface area contributed by atoms with Crippen LogP contribution < -0.4 is 5.32 Å². The number of nitrogens with one attached hydrogen (secondary N) is 1. The highest BCUT2D eigenvalue weighted by Crippen LogP contribution is 2.50. The van der Waals surface area contributed by atoms with Crippen molar-refractivity contribution in [2.45, 2.75) is 38.8 Å². The summed E-state index contributed by atoms with van der Waals surface area (Å²) in [6, 6.07) is 8.01. The molecule has 7 nitrogen and oxygen atoms in total. The third-order valence-corrected chi connectivity index (χ3v) is 6.82. The molecule has 7 heteroatoms. The first kappa shape index (κ1) is 19.9. The standard InChI is InChI=1S/C22H30N4O3/c1-15-6-4-5-7-17(15)12-23-21(28)25-13-18-8-9-22(19(18)14-25)20(27)26(10-11-29-3)16(2)24-22/h4-7,18-19H,8-14H2,1-3H3,(H,23,28)/t18-,19+,22-/m0/s1. The monoisotopic (exact) mass is 398 g/mol. The first-order chi connectivity index (χ1) is 14.0. The van der Waals surface area contributed by atoms with Crippen molar-refractivity contribution in [3.63, 3.8) is 0 Å². The molecule has 3 aliphatic rings. The number of hydrogen-bond acceptors (Lipinski definition) is 4. The molecule has 29 heavy (non-hydrogen) atoms. The molecule has 0 radical (unpaired) electrons. The topological polar surface area (TPSA) is 74.2 Å². The van der Waals surface area contributed by atoms with E-state index in [0.717, 1.165) is 24.2 Å². The number of urea groups is 1. The lowest BCUT2D eigenvalue weighted by atomic mass is 9.85. The van der Waals surface area contributed by atoms with Gasteiger partial charge in [-0.2, -0.15) is 0 Å². The van der Waals surface area contributed by atoms with Gasteiger partial charge in [0, 0.05) is 32.7 Å². The Morgan fingerprint density at radius 2 is 2.10 bits per heavy atom. The number of likely N-dealkylation sites (tertiary alicyclic amines) is 1. The molecule has 0 bridgehead atoms. The summed E-state index contributed by atoms with van der Waals surface area (Å²) < 4.78 is 5.15. The van der Waals surface area contributed by atoms with Crippen molar-refractivity contribution < 1.29 is 14.3 Å². The van der Waals surface area contributed by atoms with Gasteiger partial charge in [0.05, 0.1) is 13.2 Å². The predicted octanol–water partition coefficient (Wildman–Crippen LogP) is 2.19. The SMILES string of the molecule is COCCN1C(=O)[C@@]2(CC[C@H]3CN(C(=O)NCc4ccccc4C)C[C@H]32)N=C1C. The maximum atomic E-state index is 13.2. The number of amidine groups is 1. The van der Waals surface area contributed by atoms with Gasteiger partial charge in [0.1, 0.15) is 11.4 Å². The number of rotatable bonds is 5. The van der Waals surface area contributed by atoms with Gasteiger partial charge >= 0.3 is 6.03 Å². The van der Waals surface area contributed by atoms with Gasteiger partial charge < -0.3 is 15.0 Å². The second-order valence-corrected chi connectivity index (χ2v) is 8.43. The molecule has 1 saturated carbocycles. The molecule has 0 unspecified atom stereocenters. The van der Waals surface area contributed by atoms with E-state index < -0.39 is 5.54 Å². The summed E-state index contributed by atoms with van der Waals surface area (Å²) >= 11 is 0. The van der Waals surface area contributed by atoms with E-state index in [1.165, 1.54) is 5.56 Å². The highest BCUT2D eigenvalue weighted by molar-refractivity contribution is 6.07. The Kier molecular flexibility index (Phi) is 5.34. The minimum atomic E-state index is -0.687. The Hall–Kier alpha value is -2.41. The van der Waals surface area contributed by atoms with Gasteiger partial charge in [-0.3, -0.25) is 14.7 Å². The normalized spacial score (nSPS) is 28.2. The average Bonchev–Trinajstić information content (AvgIpc) is 3.34. The first-order valence-corrected chi connectivity index (χ1v) is 10.4. The van der Waals surface area contributed by atoms with E-state index in [2.05, 4.69) is 5.32 Å². The van der Waals surface area contributed by atoms with E-state index in [-0.39, 0.29) is 17.9 Å². The summed E-state index contributed by atoms with van der Waals surface area (Å²) in [5.74, 6) is 1.29. The van der Waals surface area contributed by atoms with Gasteiger partial charge in [-0.05, 0) is 43.7 Å². The number of aryl methyl sites for hydroxylation is 1. The molecular formula is C22H30N4O3. The Labute approximate surface area is 172 Å². The lowest BCUT2D eigenvalue weighted by Gasteiger charge is -2.28. The van der Waals surface area contributed by atoms with Crippen LogP contribution in [0.2, 0.25) is 0 Å². The Morgan fingerprint density at radius 1 is 1.31 bits per heavy atom. The van der Waals surface area contributed by atoms with Crippen LogP contribution in [0.15, 0.2) is 29.3 Å². The number of carbonyl (C=O) groups excluding carboxylic acids is 2. The van der Waals surface area contributed by atoms with Gasteiger partial charge in [-0.15, -0.1) is 0 Å². The number of fused-ring (bicyclic) bond motifs is 2. The summed E-state index contributed by atoms with van der Waals surface area (Å²) in [7, 11) is 1.64. The Balaban J connectivity index is 1.42. The van der Waals surface area contributed by atoms with E-state index in [9.17, 15) is 9.59 Å². The van der Waals surface area contributed by atoms with Crippen molar-refractivity contribution in [2.75, 3.05) is 33.4 Å². The third-order valence-electron chi connectivity index (χ3n) is 6.82. The van der Waals surface area contributed by atoms with Gasteiger partial charge in [-0.25, -0.2) is 4.79 Å². The van der Waals surface area contributed by atoms with Crippen LogP contribution in [0.4, 0.5) is 4.79 Å². The summed E-state index contributed by atoms with van der Waals surface area (Å²) in [6.45, 7) is 6.78. The van der Waals surface area contributed by atoms with Crippen LogP contribution in [0.1, 0.15) is 30.9 Å². The molecule has 2 aliphatic heterocycles. The van der Waals surface area contributed by atoms with Crippen LogP contribution in [0.5, 0.6) is 0 Å². The molecule has 2 fully saturated rings. The van der Waals surface area contributed by atoms with Crippen LogP contribution >= 0.6 is 0 Å². The smallest absolute Gasteiger partial charge is 0.317 e. The molecule has 1 saturated heterocycles. The molecule has 1 spiro atoms. The number of benzene rings is 1. The lowest BCUT2D eigenvalue weighted by Crippen LogP contribution is -2.48. The quantitative estimate of drug-likeness (QED) is 0.826. The number of methoxy groups -OCH3 is 1. The van der Waals surface area contributed by atoms with E-state index in [0.29, 0.717) is 38.7 Å². The fourth-order valence-corrected chi connectivity index (χ4v) is 5.18. The molecule has 1 N–H and O–H groups in total. The highest BCUT2D eigenvalue weighted by Gasteiger charge is 2.61. The number of nitrogens with zero attached hydrogens (tertiary/aromatic N) is 3. The molecule has 2 heterocycles. The van der Waals surface area contributed by atoms with Gasteiger partial charge in [-0.1, -0.05) is 24.3 Å². The molecule has 3 amide bonds. The molecule has 3 atom stereocenters. The van der Waals surface area contributed by atoms with E-state index in [4.69, 9.17) is 9.73 Å². The zero-order valence-electron chi connectivity index (χ0n) is 17.5. The van der Waals surface area contributed by atoms with Crippen LogP contribution in [0.3, 0.4) is 0 Å². The summed E-state index contributed by atoms with van der Waals surface area (Å²) in [5.41, 5.74) is 1.60.